The molecule has 0 aromatic heterocycles. The van der Waals surface area contributed by atoms with Crippen molar-refractivity contribution in [3.63, 3.8) is 0 Å². The third-order valence-corrected chi connectivity index (χ3v) is 3.60. The van der Waals surface area contributed by atoms with Crippen LogP contribution in [-0.4, -0.2) is 43.9 Å². The molecule has 1 aliphatic heterocycles. The van der Waals surface area contributed by atoms with Crippen molar-refractivity contribution in [2.45, 2.75) is 31.8 Å². The first-order valence-corrected chi connectivity index (χ1v) is 6.49. The molecule has 1 aliphatic rings. The van der Waals surface area contributed by atoms with E-state index in [4.69, 9.17) is 5.11 Å². The number of sulfonamides is 1. The summed E-state index contributed by atoms with van der Waals surface area (Å²) in [5.74, 6) is -2.19. The van der Waals surface area contributed by atoms with Gasteiger partial charge in [-0.2, -0.15) is 0 Å². The maximum atomic E-state index is 11.3. The Morgan fingerprint density at radius 2 is 2.27 bits per heavy atom. The Balaban J connectivity index is 2.49. The summed E-state index contributed by atoms with van der Waals surface area (Å²) in [5.41, 5.74) is 0. The average molecular weight is 236 g/mol. The third-order valence-electron chi connectivity index (χ3n) is 2.28. The lowest BCUT2D eigenvalue weighted by Gasteiger charge is -2.28. The van der Waals surface area contributed by atoms with Gasteiger partial charge in [-0.3, -0.25) is 4.79 Å². The first-order chi connectivity index (χ1) is 6.89. The van der Waals surface area contributed by atoms with Gasteiger partial charge in [0.2, 0.25) is 10.0 Å². The Labute approximate surface area is 89.1 Å². The fourth-order valence-electron chi connectivity index (χ4n) is 1.70. The van der Waals surface area contributed by atoms with Crippen LogP contribution in [0.1, 0.15) is 19.8 Å². The highest BCUT2D eigenvalue weighted by Gasteiger charge is 2.24. The second kappa shape index (κ2) is 4.91. The zero-order chi connectivity index (χ0) is 11.5. The van der Waals surface area contributed by atoms with Crippen molar-refractivity contribution in [3.05, 3.63) is 0 Å². The van der Waals surface area contributed by atoms with Gasteiger partial charge in [-0.1, -0.05) is 0 Å². The molecule has 7 heteroatoms. The average Bonchev–Trinajstić information content (AvgIpc) is 1.99. The van der Waals surface area contributed by atoms with Gasteiger partial charge in [0.15, 0.2) is 5.75 Å². The molecule has 0 aromatic carbocycles. The zero-order valence-corrected chi connectivity index (χ0v) is 9.38. The van der Waals surface area contributed by atoms with E-state index in [1.165, 1.54) is 0 Å². The second-order valence-corrected chi connectivity index (χ2v) is 5.60. The summed E-state index contributed by atoms with van der Waals surface area (Å²) in [5, 5.41) is 11.6. The van der Waals surface area contributed by atoms with Crippen LogP contribution in [0, 0.1) is 0 Å². The summed E-state index contributed by atoms with van der Waals surface area (Å²) in [4.78, 5) is 10.3. The molecule has 1 fully saturated rings. The van der Waals surface area contributed by atoms with Gasteiger partial charge in [0.1, 0.15) is 0 Å². The van der Waals surface area contributed by atoms with Crippen LogP contribution in [0.3, 0.4) is 0 Å². The second-order valence-electron chi connectivity index (χ2n) is 3.85. The number of piperidine rings is 1. The molecule has 0 aromatic rings. The Morgan fingerprint density at radius 3 is 2.80 bits per heavy atom. The van der Waals surface area contributed by atoms with Crippen LogP contribution in [0.25, 0.3) is 0 Å². The lowest BCUT2D eigenvalue weighted by Crippen LogP contribution is -2.47. The molecule has 3 N–H and O–H groups in total. The minimum absolute atomic E-state index is 0.148. The summed E-state index contributed by atoms with van der Waals surface area (Å²) in [6.07, 6.45) is 1.39. The summed E-state index contributed by atoms with van der Waals surface area (Å²) in [7, 11) is -3.68. The molecule has 0 radical (unpaired) electrons. The molecule has 88 valence electrons. The Bertz CT molecular complexity index is 328. The largest absolute Gasteiger partial charge is 0.480 e. The van der Waals surface area contributed by atoms with Crippen molar-refractivity contribution in [1.82, 2.24) is 10.0 Å². The highest BCUT2D eigenvalue weighted by molar-refractivity contribution is 7.90. The lowest BCUT2D eigenvalue weighted by molar-refractivity contribution is -0.134. The minimum atomic E-state index is -3.68. The first-order valence-electron chi connectivity index (χ1n) is 4.84. The van der Waals surface area contributed by atoms with Gasteiger partial charge in [0.25, 0.3) is 0 Å². The van der Waals surface area contributed by atoms with Crippen LogP contribution in [0.15, 0.2) is 0 Å². The van der Waals surface area contributed by atoms with Crippen molar-refractivity contribution in [2.75, 3.05) is 12.3 Å². The molecular formula is C8H16N2O4S. The first kappa shape index (κ1) is 12.4. The number of rotatable bonds is 4. The smallest absolute Gasteiger partial charge is 0.320 e. The van der Waals surface area contributed by atoms with Gasteiger partial charge < -0.3 is 10.4 Å². The van der Waals surface area contributed by atoms with E-state index in [0.717, 1.165) is 6.54 Å². The van der Waals surface area contributed by atoms with Gasteiger partial charge in [-0.05, 0) is 26.3 Å². The van der Waals surface area contributed by atoms with E-state index in [2.05, 4.69) is 10.0 Å². The zero-order valence-electron chi connectivity index (χ0n) is 8.56. The number of nitrogens with one attached hydrogen (secondary N) is 2. The SMILES string of the molecule is CC1CC(NS(=O)(=O)CC(=O)O)CCN1. The summed E-state index contributed by atoms with van der Waals surface area (Å²) < 4.78 is 25.0. The molecule has 2 unspecified atom stereocenters. The summed E-state index contributed by atoms with van der Waals surface area (Å²) in [6.45, 7) is 2.72. The van der Waals surface area contributed by atoms with E-state index in [0.29, 0.717) is 12.8 Å². The van der Waals surface area contributed by atoms with Crippen molar-refractivity contribution >= 4 is 16.0 Å². The minimum Gasteiger partial charge on any atom is -0.480 e. The van der Waals surface area contributed by atoms with Gasteiger partial charge >= 0.3 is 5.97 Å². The predicted octanol–water partition coefficient (Wildman–Crippen LogP) is -0.869. The van der Waals surface area contributed by atoms with Crippen LogP contribution in [0.4, 0.5) is 0 Å². The van der Waals surface area contributed by atoms with E-state index in [1.807, 2.05) is 6.92 Å². The van der Waals surface area contributed by atoms with Crippen molar-refractivity contribution < 1.29 is 18.3 Å². The normalized spacial score (nSPS) is 27.5. The number of carboxylic acids is 1. The fourth-order valence-corrected chi connectivity index (χ4v) is 2.83. The topological polar surface area (TPSA) is 95.5 Å². The Hall–Kier alpha value is -0.660. The number of carbonyl (C=O) groups is 1. The number of aliphatic carboxylic acids is 1. The van der Waals surface area contributed by atoms with Crippen molar-refractivity contribution in [2.24, 2.45) is 0 Å². The molecule has 15 heavy (non-hydrogen) atoms. The Morgan fingerprint density at radius 1 is 1.60 bits per heavy atom. The maximum Gasteiger partial charge on any atom is 0.320 e. The highest BCUT2D eigenvalue weighted by Crippen LogP contribution is 2.09. The summed E-state index contributed by atoms with van der Waals surface area (Å²) >= 11 is 0. The van der Waals surface area contributed by atoms with Crippen LogP contribution in [0.5, 0.6) is 0 Å². The van der Waals surface area contributed by atoms with Crippen LogP contribution < -0.4 is 10.0 Å². The van der Waals surface area contributed by atoms with Gasteiger partial charge in [-0.25, -0.2) is 13.1 Å². The van der Waals surface area contributed by atoms with Crippen molar-refractivity contribution in [1.29, 1.82) is 0 Å². The van der Waals surface area contributed by atoms with Gasteiger partial charge in [0.05, 0.1) is 0 Å². The van der Waals surface area contributed by atoms with Crippen LogP contribution >= 0.6 is 0 Å². The standard InChI is InChI=1S/C8H16N2O4S/c1-6-4-7(2-3-9-6)10-15(13,14)5-8(11)12/h6-7,9-10H,2-5H2,1H3,(H,11,12). The van der Waals surface area contributed by atoms with E-state index in [-0.39, 0.29) is 12.1 Å². The molecule has 0 spiro atoms. The van der Waals surface area contributed by atoms with E-state index < -0.39 is 21.7 Å². The molecule has 6 nitrogen and oxygen atoms in total. The van der Waals surface area contributed by atoms with E-state index in [1.54, 1.807) is 0 Å². The number of hydrogen-bond acceptors (Lipinski definition) is 4. The summed E-state index contributed by atoms with van der Waals surface area (Å²) in [6, 6.07) is 0.113. The monoisotopic (exact) mass is 236 g/mol. The molecule has 1 heterocycles. The van der Waals surface area contributed by atoms with E-state index >= 15 is 0 Å². The van der Waals surface area contributed by atoms with E-state index in [9.17, 15) is 13.2 Å². The number of carboxylic acid groups (broad SMARTS) is 1. The highest BCUT2D eigenvalue weighted by atomic mass is 32.2. The molecular weight excluding hydrogens is 220 g/mol. The lowest BCUT2D eigenvalue weighted by atomic mass is 10.0. The molecule has 0 aliphatic carbocycles. The van der Waals surface area contributed by atoms with Crippen molar-refractivity contribution in [3.8, 4) is 0 Å². The molecule has 0 bridgehead atoms. The predicted molar refractivity (Wildman–Crippen MR) is 55.0 cm³/mol. The molecule has 0 amide bonds. The molecule has 1 rings (SSSR count). The quantitative estimate of drug-likeness (QED) is 0.590. The fraction of sp³-hybridized carbons (Fsp3) is 0.875. The Kier molecular flexibility index (Phi) is 4.06. The number of hydrogen-bond donors (Lipinski definition) is 3. The van der Waals surface area contributed by atoms with Crippen LogP contribution in [0.2, 0.25) is 0 Å². The van der Waals surface area contributed by atoms with Gasteiger partial charge in [-0.15, -0.1) is 0 Å². The third kappa shape index (κ3) is 4.59. The van der Waals surface area contributed by atoms with Crippen LogP contribution in [-0.2, 0) is 14.8 Å². The molecule has 1 saturated heterocycles. The molecule has 0 saturated carbocycles. The maximum absolute atomic E-state index is 11.3. The molecule has 2 atom stereocenters. The van der Waals surface area contributed by atoms with Gasteiger partial charge in [0, 0.05) is 12.1 Å².